The van der Waals surface area contributed by atoms with Crippen LogP contribution in [0.4, 0.5) is 0 Å². The highest BCUT2D eigenvalue weighted by Gasteiger charge is 2.26. The van der Waals surface area contributed by atoms with Crippen LogP contribution in [-0.2, 0) is 0 Å². The van der Waals surface area contributed by atoms with Crippen LogP contribution >= 0.6 is 11.3 Å². The van der Waals surface area contributed by atoms with Crippen molar-refractivity contribution in [1.29, 1.82) is 0 Å². The van der Waals surface area contributed by atoms with Gasteiger partial charge in [0.05, 0.1) is 5.69 Å². The summed E-state index contributed by atoms with van der Waals surface area (Å²) in [5, 5.41) is 6.86. The van der Waals surface area contributed by atoms with Gasteiger partial charge in [-0.15, -0.1) is 11.3 Å². The fourth-order valence-electron chi connectivity index (χ4n) is 2.41. The highest BCUT2D eigenvalue weighted by molar-refractivity contribution is 7.10. The van der Waals surface area contributed by atoms with Crippen molar-refractivity contribution in [3.8, 4) is 0 Å². The lowest BCUT2D eigenvalue weighted by Gasteiger charge is -2.25. The highest BCUT2D eigenvalue weighted by Crippen LogP contribution is 2.31. The van der Waals surface area contributed by atoms with Gasteiger partial charge in [-0.3, -0.25) is 4.68 Å². The maximum absolute atomic E-state index is 6.38. The zero-order chi connectivity index (χ0) is 14.2. The molecule has 0 fully saturated rings. The number of aromatic nitrogens is 2. The van der Waals surface area contributed by atoms with Crippen molar-refractivity contribution in [2.45, 2.75) is 53.1 Å². The molecular formula is C15H23N3S. The van der Waals surface area contributed by atoms with E-state index < -0.39 is 0 Å². The van der Waals surface area contributed by atoms with Crippen molar-refractivity contribution >= 4 is 11.3 Å². The van der Waals surface area contributed by atoms with Crippen LogP contribution in [0.3, 0.4) is 0 Å². The number of rotatable bonds is 4. The van der Waals surface area contributed by atoms with E-state index in [2.05, 4.69) is 50.7 Å². The molecule has 0 radical (unpaired) electrons. The third-order valence-electron chi connectivity index (χ3n) is 4.00. The van der Waals surface area contributed by atoms with Crippen molar-refractivity contribution in [2.75, 3.05) is 0 Å². The Bertz CT molecular complexity index is 568. The van der Waals surface area contributed by atoms with Crippen molar-refractivity contribution in [1.82, 2.24) is 9.78 Å². The van der Waals surface area contributed by atoms with Gasteiger partial charge in [-0.25, -0.2) is 0 Å². The molecule has 0 saturated carbocycles. The van der Waals surface area contributed by atoms with Crippen molar-refractivity contribution < 1.29 is 0 Å². The maximum atomic E-state index is 6.38. The van der Waals surface area contributed by atoms with E-state index >= 15 is 0 Å². The van der Waals surface area contributed by atoms with Crippen LogP contribution in [0.15, 0.2) is 11.4 Å². The molecule has 2 heterocycles. The van der Waals surface area contributed by atoms with E-state index in [0.717, 1.165) is 12.1 Å². The van der Waals surface area contributed by atoms with Gasteiger partial charge in [-0.05, 0) is 56.7 Å². The first-order valence-corrected chi connectivity index (χ1v) is 7.67. The Morgan fingerprint density at radius 1 is 1.32 bits per heavy atom. The molecule has 0 aliphatic carbocycles. The predicted molar refractivity (Wildman–Crippen MR) is 81.9 cm³/mol. The standard InChI is InChI=1S/C15H23N3S/c1-6-13(16)14(15-9(2)7-8-19-15)18-12(5)10(3)11(4)17-18/h7-8,13-14H,6,16H2,1-5H3. The van der Waals surface area contributed by atoms with Crippen LogP contribution in [0.2, 0.25) is 0 Å². The smallest absolute Gasteiger partial charge is 0.102 e. The molecule has 0 aliphatic rings. The van der Waals surface area contributed by atoms with Gasteiger partial charge in [0.2, 0.25) is 0 Å². The molecule has 19 heavy (non-hydrogen) atoms. The zero-order valence-corrected chi connectivity index (χ0v) is 13.2. The van der Waals surface area contributed by atoms with E-state index in [4.69, 9.17) is 10.8 Å². The number of nitrogens with zero attached hydrogens (tertiary/aromatic N) is 2. The van der Waals surface area contributed by atoms with E-state index in [1.165, 1.54) is 21.7 Å². The molecule has 104 valence electrons. The number of aryl methyl sites for hydroxylation is 2. The zero-order valence-electron chi connectivity index (χ0n) is 12.4. The summed E-state index contributed by atoms with van der Waals surface area (Å²) >= 11 is 1.78. The van der Waals surface area contributed by atoms with Gasteiger partial charge in [-0.1, -0.05) is 6.92 Å². The fourth-order valence-corrected chi connectivity index (χ4v) is 3.50. The molecule has 0 amide bonds. The number of hydrogen-bond donors (Lipinski definition) is 1. The third kappa shape index (κ3) is 2.47. The molecule has 2 N–H and O–H groups in total. The van der Waals surface area contributed by atoms with Crippen molar-refractivity contribution in [3.05, 3.63) is 38.8 Å². The molecule has 2 atom stereocenters. The summed E-state index contributed by atoms with van der Waals surface area (Å²) < 4.78 is 2.12. The lowest BCUT2D eigenvalue weighted by Crippen LogP contribution is -2.33. The second-order valence-corrected chi connectivity index (χ2v) is 6.17. The SMILES string of the molecule is CCC(N)C(c1sccc1C)n1nc(C)c(C)c1C. The Labute approximate surface area is 119 Å². The minimum atomic E-state index is 0.0924. The Kier molecular flexibility index (Phi) is 4.11. The van der Waals surface area contributed by atoms with Crippen molar-refractivity contribution in [3.63, 3.8) is 0 Å². The Hall–Kier alpha value is -1.13. The summed E-state index contributed by atoms with van der Waals surface area (Å²) in [4.78, 5) is 1.33. The average molecular weight is 277 g/mol. The molecule has 2 unspecified atom stereocenters. The largest absolute Gasteiger partial charge is 0.326 e. The molecule has 0 aromatic carbocycles. The van der Waals surface area contributed by atoms with Crippen LogP contribution in [0.1, 0.15) is 46.8 Å². The second kappa shape index (κ2) is 5.47. The van der Waals surface area contributed by atoms with Gasteiger partial charge >= 0.3 is 0 Å². The monoisotopic (exact) mass is 277 g/mol. The van der Waals surface area contributed by atoms with Gasteiger partial charge in [0, 0.05) is 16.6 Å². The van der Waals surface area contributed by atoms with Gasteiger partial charge in [-0.2, -0.15) is 5.10 Å². The van der Waals surface area contributed by atoms with Gasteiger partial charge < -0.3 is 5.73 Å². The Morgan fingerprint density at radius 3 is 2.42 bits per heavy atom. The van der Waals surface area contributed by atoms with E-state index in [-0.39, 0.29) is 12.1 Å². The maximum Gasteiger partial charge on any atom is 0.102 e. The minimum absolute atomic E-state index is 0.0924. The third-order valence-corrected chi connectivity index (χ3v) is 5.09. The molecule has 0 saturated heterocycles. The molecule has 4 heteroatoms. The van der Waals surface area contributed by atoms with Crippen LogP contribution in [-0.4, -0.2) is 15.8 Å². The molecule has 0 bridgehead atoms. The fraction of sp³-hybridized carbons (Fsp3) is 0.533. The lowest BCUT2D eigenvalue weighted by atomic mass is 10.0. The predicted octanol–water partition coefficient (Wildman–Crippen LogP) is 3.50. The Morgan fingerprint density at radius 2 is 2.00 bits per heavy atom. The first-order chi connectivity index (χ1) is 8.97. The minimum Gasteiger partial charge on any atom is -0.326 e. The number of thiophene rings is 1. The highest BCUT2D eigenvalue weighted by atomic mass is 32.1. The summed E-state index contributed by atoms with van der Waals surface area (Å²) in [7, 11) is 0. The summed E-state index contributed by atoms with van der Waals surface area (Å²) in [6.45, 7) is 10.6. The lowest BCUT2D eigenvalue weighted by molar-refractivity contribution is 0.419. The number of hydrogen-bond acceptors (Lipinski definition) is 3. The summed E-state index contributed by atoms with van der Waals surface area (Å²) in [6.07, 6.45) is 0.944. The topological polar surface area (TPSA) is 43.8 Å². The molecular weight excluding hydrogens is 254 g/mol. The van der Waals surface area contributed by atoms with Crippen LogP contribution in [0, 0.1) is 27.7 Å². The first kappa shape index (κ1) is 14.3. The van der Waals surface area contributed by atoms with Gasteiger partial charge in [0.15, 0.2) is 0 Å². The molecule has 0 spiro atoms. The van der Waals surface area contributed by atoms with Crippen LogP contribution in [0.5, 0.6) is 0 Å². The quantitative estimate of drug-likeness (QED) is 0.929. The van der Waals surface area contributed by atoms with E-state index in [1.54, 1.807) is 11.3 Å². The van der Waals surface area contributed by atoms with Gasteiger partial charge in [0.25, 0.3) is 0 Å². The Balaban J connectivity index is 2.56. The molecule has 3 nitrogen and oxygen atoms in total. The first-order valence-electron chi connectivity index (χ1n) is 6.79. The van der Waals surface area contributed by atoms with Gasteiger partial charge in [0.1, 0.15) is 6.04 Å². The van der Waals surface area contributed by atoms with E-state index in [1.807, 2.05) is 0 Å². The van der Waals surface area contributed by atoms with Crippen LogP contribution in [0.25, 0.3) is 0 Å². The molecule has 2 rings (SSSR count). The normalized spacial score (nSPS) is 14.6. The average Bonchev–Trinajstić information content (AvgIpc) is 2.91. The van der Waals surface area contributed by atoms with Crippen molar-refractivity contribution in [2.24, 2.45) is 5.73 Å². The van der Waals surface area contributed by atoms with Crippen LogP contribution < -0.4 is 5.73 Å². The molecule has 2 aromatic heterocycles. The summed E-state index contributed by atoms with van der Waals surface area (Å²) in [5.41, 5.74) is 11.3. The van der Waals surface area contributed by atoms with E-state index in [9.17, 15) is 0 Å². The summed E-state index contributed by atoms with van der Waals surface area (Å²) in [5.74, 6) is 0. The molecule has 0 aliphatic heterocycles. The second-order valence-electron chi connectivity index (χ2n) is 5.23. The molecule has 2 aromatic rings. The number of nitrogens with two attached hydrogens (primary N) is 1. The van der Waals surface area contributed by atoms with E-state index in [0.29, 0.717) is 0 Å². The summed E-state index contributed by atoms with van der Waals surface area (Å²) in [6, 6.07) is 2.40.